The number of aliphatic hydroxyl groups excluding tert-OH is 1. The molecule has 2 atom stereocenters. The van der Waals surface area contributed by atoms with Gasteiger partial charge in [-0.2, -0.15) is 0 Å². The lowest BCUT2D eigenvalue weighted by Crippen LogP contribution is -2.42. The number of hydrogen-bond donors (Lipinski definition) is 3. The SMILES string of the molecule is CC(C(=O)NC[C@H](O)C(=O)O)S(C)(=O)=O. The second-order valence-electron chi connectivity index (χ2n) is 3.07. The summed E-state index contributed by atoms with van der Waals surface area (Å²) in [7, 11) is -3.51. The van der Waals surface area contributed by atoms with Crippen molar-refractivity contribution in [2.75, 3.05) is 12.8 Å². The maximum absolute atomic E-state index is 11.1. The van der Waals surface area contributed by atoms with Crippen LogP contribution in [0, 0.1) is 0 Å². The fourth-order valence-electron chi connectivity index (χ4n) is 0.623. The molecule has 1 amide bonds. The molecule has 1 unspecified atom stereocenters. The summed E-state index contributed by atoms with van der Waals surface area (Å²) in [5, 5.41) is 17.8. The van der Waals surface area contributed by atoms with Crippen LogP contribution >= 0.6 is 0 Å². The molecule has 0 aromatic heterocycles. The smallest absolute Gasteiger partial charge is 0.334 e. The highest BCUT2D eigenvalue weighted by atomic mass is 32.2. The molecule has 0 saturated carbocycles. The Balaban J connectivity index is 4.23. The predicted octanol–water partition coefficient (Wildman–Crippen LogP) is -2.02. The topological polar surface area (TPSA) is 121 Å². The van der Waals surface area contributed by atoms with Crippen LogP contribution < -0.4 is 5.32 Å². The Morgan fingerprint density at radius 1 is 1.40 bits per heavy atom. The zero-order chi connectivity index (χ0) is 12.2. The number of rotatable bonds is 5. The number of hydrogen-bond acceptors (Lipinski definition) is 5. The lowest BCUT2D eigenvalue weighted by molar-refractivity contribution is -0.146. The van der Waals surface area contributed by atoms with Gasteiger partial charge in [0, 0.05) is 6.26 Å². The molecule has 15 heavy (non-hydrogen) atoms. The summed E-state index contributed by atoms with van der Waals surface area (Å²) in [4.78, 5) is 21.3. The number of carbonyl (C=O) groups excluding carboxylic acids is 1. The van der Waals surface area contributed by atoms with Gasteiger partial charge < -0.3 is 15.5 Å². The van der Waals surface area contributed by atoms with Crippen molar-refractivity contribution in [3.63, 3.8) is 0 Å². The van der Waals surface area contributed by atoms with Crippen LogP contribution in [0.15, 0.2) is 0 Å². The number of nitrogens with one attached hydrogen (secondary N) is 1. The van der Waals surface area contributed by atoms with Crippen molar-refractivity contribution < 1.29 is 28.2 Å². The summed E-state index contributed by atoms with van der Waals surface area (Å²) in [6, 6.07) is 0. The molecule has 0 bridgehead atoms. The number of sulfone groups is 1. The molecular weight excluding hydrogens is 226 g/mol. The Bertz CT molecular complexity index is 348. The van der Waals surface area contributed by atoms with E-state index >= 15 is 0 Å². The van der Waals surface area contributed by atoms with Crippen molar-refractivity contribution in [2.24, 2.45) is 0 Å². The Morgan fingerprint density at radius 3 is 2.20 bits per heavy atom. The molecule has 8 heteroatoms. The number of aliphatic carboxylic acids is 1. The molecule has 0 saturated heterocycles. The first-order valence-corrected chi connectivity index (χ1v) is 5.99. The highest BCUT2D eigenvalue weighted by Gasteiger charge is 2.24. The maximum atomic E-state index is 11.1. The van der Waals surface area contributed by atoms with Gasteiger partial charge in [-0.3, -0.25) is 4.79 Å². The first-order valence-electron chi connectivity index (χ1n) is 4.03. The van der Waals surface area contributed by atoms with Crippen LogP contribution in [0.1, 0.15) is 6.92 Å². The fraction of sp³-hybridized carbons (Fsp3) is 0.714. The molecule has 0 aromatic carbocycles. The molecule has 0 rings (SSSR count). The van der Waals surface area contributed by atoms with Crippen LogP contribution in [0.5, 0.6) is 0 Å². The number of aliphatic hydroxyl groups is 1. The summed E-state index contributed by atoms with van der Waals surface area (Å²) >= 11 is 0. The lowest BCUT2D eigenvalue weighted by atomic mass is 10.3. The van der Waals surface area contributed by atoms with Gasteiger partial charge in [-0.15, -0.1) is 0 Å². The zero-order valence-corrected chi connectivity index (χ0v) is 9.11. The summed E-state index contributed by atoms with van der Waals surface area (Å²) < 4.78 is 21.8. The lowest BCUT2D eigenvalue weighted by Gasteiger charge is -2.11. The minimum atomic E-state index is -3.51. The predicted molar refractivity (Wildman–Crippen MR) is 51.0 cm³/mol. The first kappa shape index (κ1) is 13.8. The van der Waals surface area contributed by atoms with Gasteiger partial charge in [0.1, 0.15) is 5.25 Å². The molecular formula is C7H13NO6S. The molecule has 0 heterocycles. The van der Waals surface area contributed by atoms with Crippen LogP contribution in [0.2, 0.25) is 0 Å². The zero-order valence-electron chi connectivity index (χ0n) is 8.30. The Labute approximate surface area is 87.0 Å². The van der Waals surface area contributed by atoms with Crippen molar-refractivity contribution in [1.29, 1.82) is 0 Å². The minimum absolute atomic E-state index is 0.520. The number of carboxylic acid groups (broad SMARTS) is 1. The highest BCUT2D eigenvalue weighted by Crippen LogP contribution is 1.97. The average molecular weight is 239 g/mol. The van der Waals surface area contributed by atoms with Gasteiger partial charge in [-0.1, -0.05) is 0 Å². The fourth-order valence-corrected chi connectivity index (χ4v) is 1.09. The molecule has 0 spiro atoms. The van der Waals surface area contributed by atoms with Gasteiger partial charge in [0.05, 0.1) is 6.54 Å². The number of carboxylic acids is 1. The summed E-state index contributed by atoms with van der Waals surface area (Å²) in [5.74, 6) is -2.32. The summed E-state index contributed by atoms with van der Waals surface area (Å²) in [6.45, 7) is 0.659. The van der Waals surface area contributed by atoms with E-state index in [9.17, 15) is 18.0 Å². The minimum Gasteiger partial charge on any atom is -0.479 e. The van der Waals surface area contributed by atoms with Crippen molar-refractivity contribution in [3.05, 3.63) is 0 Å². The third-order valence-electron chi connectivity index (χ3n) is 1.77. The van der Waals surface area contributed by atoms with Gasteiger partial charge in [0.15, 0.2) is 15.9 Å². The van der Waals surface area contributed by atoms with Gasteiger partial charge in [0.2, 0.25) is 5.91 Å². The number of amides is 1. The molecule has 0 aliphatic rings. The van der Waals surface area contributed by atoms with Crippen LogP contribution in [0.3, 0.4) is 0 Å². The monoisotopic (exact) mass is 239 g/mol. The molecule has 88 valence electrons. The maximum Gasteiger partial charge on any atom is 0.334 e. The van der Waals surface area contributed by atoms with Crippen molar-refractivity contribution in [3.8, 4) is 0 Å². The molecule has 0 aliphatic heterocycles. The molecule has 3 N–H and O–H groups in total. The van der Waals surface area contributed by atoms with Crippen LogP contribution in [0.4, 0.5) is 0 Å². The second-order valence-corrected chi connectivity index (χ2v) is 5.44. The van der Waals surface area contributed by atoms with Crippen molar-refractivity contribution in [2.45, 2.75) is 18.3 Å². The number of carbonyl (C=O) groups is 2. The molecule has 0 aliphatic carbocycles. The van der Waals surface area contributed by atoms with E-state index in [0.717, 1.165) is 6.26 Å². The van der Waals surface area contributed by atoms with Gasteiger partial charge in [0.25, 0.3) is 0 Å². The van der Waals surface area contributed by atoms with E-state index in [-0.39, 0.29) is 0 Å². The molecule has 0 radical (unpaired) electrons. The standard InChI is InChI=1S/C7H13NO6S/c1-4(15(2,13)14)6(10)8-3-5(9)7(11)12/h4-5,9H,3H2,1-2H3,(H,8,10)(H,11,12)/t4?,5-/m0/s1. The van der Waals surface area contributed by atoms with Crippen LogP contribution in [-0.4, -0.2) is 54.7 Å². The van der Waals surface area contributed by atoms with Gasteiger partial charge in [-0.25, -0.2) is 13.2 Å². The van der Waals surface area contributed by atoms with Crippen molar-refractivity contribution >= 4 is 21.7 Å². The van der Waals surface area contributed by atoms with E-state index in [2.05, 4.69) is 0 Å². The molecule has 0 aromatic rings. The van der Waals surface area contributed by atoms with Gasteiger partial charge in [-0.05, 0) is 6.92 Å². The van der Waals surface area contributed by atoms with E-state index in [1.807, 2.05) is 5.32 Å². The third-order valence-corrected chi connectivity index (χ3v) is 3.26. The molecule has 0 fully saturated rings. The van der Waals surface area contributed by atoms with E-state index in [1.165, 1.54) is 6.92 Å². The van der Waals surface area contributed by atoms with E-state index < -0.39 is 39.6 Å². The van der Waals surface area contributed by atoms with E-state index in [1.54, 1.807) is 0 Å². The summed E-state index contributed by atoms with van der Waals surface area (Å²) in [6.07, 6.45) is -0.842. The second kappa shape index (κ2) is 5.08. The Morgan fingerprint density at radius 2 is 1.87 bits per heavy atom. The van der Waals surface area contributed by atoms with Gasteiger partial charge >= 0.3 is 5.97 Å². The third kappa shape index (κ3) is 4.75. The first-order chi connectivity index (χ1) is 6.66. The normalized spacial score (nSPS) is 15.4. The average Bonchev–Trinajstić information content (AvgIpc) is 2.10. The van der Waals surface area contributed by atoms with Crippen LogP contribution in [-0.2, 0) is 19.4 Å². The van der Waals surface area contributed by atoms with Crippen LogP contribution in [0.25, 0.3) is 0 Å². The van der Waals surface area contributed by atoms with E-state index in [0.29, 0.717) is 0 Å². The quantitative estimate of drug-likeness (QED) is 0.509. The van der Waals surface area contributed by atoms with E-state index in [4.69, 9.17) is 10.2 Å². The summed E-state index contributed by atoms with van der Waals surface area (Å²) in [5.41, 5.74) is 0. The molecule has 7 nitrogen and oxygen atoms in total. The Kier molecular flexibility index (Phi) is 4.69. The van der Waals surface area contributed by atoms with Crippen molar-refractivity contribution in [1.82, 2.24) is 5.32 Å². The Hall–Kier alpha value is -1.15. The highest BCUT2D eigenvalue weighted by molar-refractivity contribution is 7.92. The largest absolute Gasteiger partial charge is 0.479 e.